The highest BCUT2D eigenvalue weighted by atomic mass is 32.1. The van der Waals surface area contributed by atoms with Crippen molar-refractivity contribution >= 4 is 17.3 Å². The highest BCUT2D eigenvalue weighted by Gasteiger charge is 2.17. The number of carbonyl (C=O) groups is 1. The maximum Gasteiger partial charge on any atom is 0.317 e. The predicted octanol–water partition coefficient (Wildman–Crippen LogP) is 3.51. The first-order valence-electron chi connectivity index (χ1n) is 8.60. The van der Waals surface area contributed by atoms with Gasteiger partial charge < -0.3 is 19.1 Å². The van der Waals surface area contributed by atoms with Gasteiger partial charge in [-0.1, -0.05) is 16.5 Å². The quantitative estimate of drug-likeness (QED) is 0.552. The second-order valence-corrected chi connectivity index (χ2v) is 7.18. The first kappa shape index (κ1) is 19.8. The Morgan fingerprint density at radius 1 is 1.25 bits per heavy atom. The summed E-state index contributed by atoms with van der Waals surface area (Å²) in [5.74, 6) is 1.11. The third-order valence-electron chi connectivity index (χ3n) is 3.48. The lowest BCUT2D eigenvalue weighted by atomic mass is 10.3. The van der Waals surface area contributed by atoms with Gasteiger partial charge in [0.05, 0.1) is 29.8 Å². The number of hydrogen-bond acceptors (Lipinski definition) is 9. The molecular weight excluding hydrogens is 384 g/mol. The Balaban J connectivity index is 1.63. The molecule has 0 aliphatic heterocycles. The minimum Gasteiger partial charge on any atom is -0.491 e. The van der Waals surface area contributed by atoms with Gasteiger partial charge in [-0.25, -0.2) is 4.98 Å². The number of carboxylic acid groups (broad SMARTS) is 1. The van der Waals surface area contributed by atoms with Crippen LogP contribution in [0.1, 0.15) is 32.7 Å². The molecule has 148 valence electrons. The Morgan fingerprint density at radius 3 is 2.64 bits per heavy atom. The van der Waals surface area contributed by atoms with Crippen LogP contribution in [0.2, 0.25) is 0 Å². The largest absolute Gasteiger partial charge is 0.491 e. The Morgan fingerprint density at radius 2 is 1.96 bits per heavy atom. The number of benzene rings is 1. The summed E-state index contributed by atoms with van der Waals surface area (Å²) in [6.45, 7) is 5.48. The minimum atomic E-state index is -0.959. The van der Waals surface area contributed by atoms with Crippen molar-refractivity contribution in [2.45, 2.75) is 32.9 Å². The zero-order valence-electron chi connectivity index (χ0n) is 15.6. The lowest BCUT2D eigenvalue weighted by Crippen LogP contribution is -2.25. The van der Waals surface area contributed by atoms with Crippen molar-refractivity contribution in [1.29, 1.82) is 0 Å². The second-order valence-electron chi connectivity index (χ2n) is 6.18. The molecule has 0 aliphatic rings. The molecule has 0 radical (unpaired) electrons. The third-order valence-corrected chi connectivity index (χ3v) is 4.35. The highest BCUT2D eigenvalue weighted by Crippen LogP contribution is 2.32. The molecule has 2 N–H and O–H groups in total. The monoisotopic (exact) mass is 404 g/mol. The van der Waals surface area contributed by atoms with E-state index in [-0.39, 0.29) is 18.7 Å². The zero-order chi connectivity index (χ0) is 20.1. The Hall–Kier alpha value is -2.98. The summed E-state index contributed by atoms with van der Waals surface area (Å²) in [5.41, 5.74) is 0. The third kappa shape index (κ3) is 5.27. The number of aliphatic carboxylic acids is 1. The molecule has 0 saturated heterocycles. The number of carboxylic acids is 1. The van der Waals surface area contributed by atoms with Crippen LogP contribution in [-0.2, 0) is 4.79 Å². The molecular formula is C18H20N4O5S. The van der Waals surface area contributed by atoms with E-state index >= 15 is 0 Å². The summed E-state index contributed by atoms with van der Waals surface area (Å²) < 4.78 is 16.5. The van der Waals surface area contributed by atoms with E-state index < -0.39 is 5.97 Å². The maximum absolute atomic E-state index is 10.6. The van der Waals surface area contributed by atoms with Crippen LogP contribution in [0.25, 0.3) is 10.7 Å². The van der Waals surface area contributed by atoms with Crippen molar-refractivity contribution in [3.63, 3.8) is 0 Å². The van der Waals surface area contributed by atoms with Gasteiger partial charge in [0.1, 0.15) is 11.5 Å². The van der Waals surface area contributed by atoms with Crippen LogP contribution in [0.4, 0.5) is 0 Å². The molecule has 2 aromatic heterocycles. The topological polar surface area (TPSA) is 120 Å². The van der Waals surface area contributed by atoms with Crippen LogP contribution in [0.3, 0.4) is 0 Å². The van der Waals surface area contributed by atoms with E-state index in [4.69, 9.17) is 19.1 Å². The predicted molar refractivity (Wildman–Crippen MR) is 102 cm³/mol. The first-order chi connectivity index (χ1) is 13.4. The minimum absolute atomic E-state index is 0.107. The average molecular weight is 404 g/mol. The summed E-state index contributed by atoms with van der Waals surface area (Å²) in [7, 11) is 0. The smallest absolute Gasteiger partial charge is 0.317 e. The number of rotatable bonds is 9. The van der Waals surface area contributed by atoms with Crippen molar-refractivity contribution < 1.29 is 23.9 Å². The molecule has 3 rings (SSSR count). The fourth-order valence-electron chi connectivity index (χ4n) is 2.21. The molecule has 1 unspecified atom stereocenters. The van der Waals surface area contributed by atoms with Crippen molar-refractivity contribution in [2.24, 2.45) is 0 Å². The molecule has 0 amide bonds. The summed E-state index contributed by atoms with van der Waals surface area (Å²) in [4.78, 5) is 19.8. The van der Waals surface area contributed by atoms with Gasteiger partial charge in [0.25, 0.3) is 5.19 Å². The highest BCUT2D eigenvalue weighted by molar-refractivity contribution is 7.16. The van der Waals surface area contributed by atoms with Gasteiger partial charge in [0.15, 0.2) is 0 Å². The van der Waals surface area contributed by atoms with Gasteiger partial charge >= 0.3 is 5.97 Å². The van der Waals surface area contributed by atoms with E-state index in [1.807, 2.05) is 26.0 Å². The van der Waals surface area contributed by atoms with Crippen LogP contribution >= 0.6 is 11.3 Å². The van der Waals surface area contributed by atoms with E-state index in [2.05, 4.69) is 20.4 Å². The van der Waals surface area contributed by atoms with Crippen LogP contribution in [0.15, 0.2) is 35.0 Å². The summed E-state index contributed by atoms with van der Waals surface area (Å²) in [6, 6.07) is 6.90. The normalized spacial score (nSPS) is 12.1. The van der Waals surface area contributed by atoms with Gasteiger partial charge in [0, 0.05) is 0 Å². The van der Waals surface area contributed by atoms with E-state index in [1.165, 1.54) is 11.3 Å². The van der Waals surface area contributed by atoms with Crippen molar-refractivity contribution in [2.75, 3.05) is 6.54 Å². The fourth-order valence-corrected chi connectivity index (χ4v) is 2.92. The van der Waals surface area contributed by atoms with Crippen molar-refractivity contribution in [1.82, 2.24) is 20.4 Å². The molecule has 1 atom stereocenters. The van der Waals surface area contributed by atoms with Gasteiger partial charge in [-0.3, -0.25) is 10.1 Å². The van der Waals surface area contributed by atoms with Crippen molar-refractivity contribution in [3.8, 4) is 27.4 Å². The van der Waals surface area contributed by atoms with Gasteiger partial charge in [-0.2, -0.15) is 4.98 Å². The molecule has 0 bridgehead atoms. The molecule has 3 aromatic rings. The molecule has 10 heteroatoms. The molecule has 0 aliphatic carbocycles. The zero-order valence-corrected chi connectivity index (χ0v) is 16.4. The van der Waals surface area contributed by atoms with Gasteiger partial charge in [-0.15, -0.1) is 0 Å². The average Bonchev–Trinajstić information content (AvgIpc) is 3.30. The number of hydrogen-bond donors (Lipinski definition) is 2. The summed E-state index contributed by atoms with van der Waals surface area (Å²) in [5, 5.41) is 15.8. The Bertz CT molecular complexity index is 922. The molecule has 0 spiro atoms. The summed E-state index contributed by atoms with van der Waals surface area (Å²) in [6.07, 6.45) is 1.70. The SMILES string of the molecule is CC(C)Oc1ccc(Oc2ncc(-c3noc(C(C)NCC(=O)O)n3)s2)cc1. The van der Waals surface area contributed by atoms with Crippen molar-refractivity contribution in [3.05, 3.63) is 36.4 Å². The second kappa shape index (κ2) is 8.81. The fraction of sp³-hybridized carbons (Fsp3) is 0.333. The maximum atomic E-state index is 10.6. The number of aromatic nitrogens is 3. The number of nitrogens with zero attached hydrogens (tertiary/aromatic N) is 3. The molecule has 2 heterocycles. The first-order valence-corrected chi connectivity index (χ1v) is 9.42. The van der Waals surface area contributed by atoms with Crippen LogP contribution in [0, 0.1) is 0 Å². The van der Waals surface area contributed by atoms with E-state index in [1.54, 1.807) is 25.3 Å². The molecule has 28 heavy (non-hydrogen) atoms. The van der Waals surface area contributed by atoms with Crippen LogP contribution < -0.4 is 14.8 Å². The van der Waals surface area contributed by atoms with Gasteiger partial charge in [0.2, 0.25) is 11.7 Å². The van der Waals surface area contributed by atoms with Gasteiger partial charge in [-0.05, 0) is 45.0 Å². The Kier molecular flexibility index (Phi) is 6.22. The Labute approximate surface area is 165 Å². The summed E-state index contributed by atoms with van der Waals surface area (Å²) >= 11 is 1.27. The lowest BCUT2D eigenvalue weighted by molar-refractivity contribution is -0.136. The number of ether oxygens (including phenoxy) is 2. The van der Waals surface area contributed by atoms with E-state index in [0.29, 0.717) is 27.5 Å². The lowest BCUT2D eigenvalue weighted by Gasteiger charge is -2.09. The molecule has 0 fully saturated rings. The standard InChI is InChI=1S/C18H20N4O5S/c1-10(2)25-12-4-6-13(7-5-12)26-18-20-8-14(28-18)16-21-17(27-22-16)11(3)19-9-15(23)24/h4-8,10-11,19H,9H2,1-3H3,(H,23,24). The van der Waals surface area contributed by atoms with Crippen LogP contribution in [0.5, 0.6) is 16.7 Å². The van der Waals surface area contributed by atoms with E-state index in [0.717, 1.165) is 5.75 Å². The number of nitrogens with one attached hydrogen (secondary N) is 1. The molecule has 0 saturated carbocycles. The van der Waals surface area contributed by atoms with Crippen LogP contribution in [-0.4, -0.2) is 38.8 Å². The van der Waals surface area contributed by atoms with E-state index in [9.17, 15) is 4.79 Å². The molecule has 1 aromatic carbocycles. The molecule has 9 nitrogen and oxygen atoms in total. The number of thiazole rings is 1.